The Bertz CT molecular complexity index is 121. The molecule has 0 fully saturated rings. The fraction of sp³-hybridized carbons (Fsp3) is 1.00. The fourth-order valence-corrected chi connectivity index (χ4v) is 0.776. The molecular weight excluding hydrogens is 145 g/mol. The third-order valence-electron chi connectivity index (χ3n) is 0.702. The van der Waals surface area contributed by atoms with Gasteiger partial charge in [0.05, 0.1) is 0 Å². The van der Waals surface area contributed by atoms with Gasteiger partial charge in [-0.3, -0.25) is 9.84 Å². The maximum absolute atomic E-state index is 10.0. The molecule has 3 N–H and O–H groups in total. The van der Waals surface area contributed by atoms with Crippen LogP contribution in [0.1, 0.15) is 6.92 Å². The number of hydrogen-bond donors (Lipinski definition) is 3. The summed E-state index contributed by atoms with van der Waals surface area (Å²) in [5.41, 5.74) is 0. The first-order valence-corrected chi connectivity index (χ1v) is 3.90. The van der Waals surface area contributed by atoms with Crippen LogP contribution in [0.2, 0.25) is 0 Å². The van der Waals surface area contributed by atoms with Gasteiger partial charge >= 0.3 is 7.82 Å². The van der Waals surface area contributed by atoms with Crippen molar-refractivity contribution in [1.29, 1.82) is 0 Å². The molecule has 0 radical (unpaired) electrons. The predicted molar refractivity (Wildman–Crippen MR) is 31.7 cm³/mol. The van der Waals surface area contributed by atoms with Crippen LogP contribution in [0.5, 0.6) is 0 Å². The smallest absolute Gasteiger partial charge is 0.303 e. The molecule has 0 amide bonds. The summed E-state index contributed by atoms with van der Waals surface area (Å²) in [5.74, 6) is 0. The van der Waals surface area contributed by atoms with Gasteiger partial charge in [-0.05, 0) is 14.0 Å². The van der Waals surface area contributed by atoms with Crippen molar-refractivity contribution in [3.63, 3.8) is 0 Å². The lowest BCUT2D eigenvalue weighted by atomic mass is 10.7. The van der Waals surface area contributed by atoms with E-state index in [0.29, 0.717) is 0 Å². The second kappa shape index (κ2) is 3.29. The van der Waals surface area contributed by atoms with Crippen LogP contribution in [-0.2, 0) is 9.09 Å². The van der Waals surface area contributed by atoms with Crippen LogP contribution in [0.15, 0.2) is 0 Å². The minimum atomic E-state index is -4.30. The van der Waals surface area contributed by atoms with Crippen molar-refractivity contribution in [1.82, 2.24) is 5.32 Å². The average molecular weight is 155 g/mol. The van der Waals surface area contributed by atoms with Crippen molar-refractivity contribution in [2.24, 2.45) is 0 Å². The molecule has 0 spiro atoms. The summed E-state index contributed by atoms with van der Waals surface area (Å²) in [5, 5.41) is 2.51. The Morgan fingerprint density at radius 1 is 1.67 bits per heavy atom. The third kappa shape index (κ3) is 5.95. The minimum Gasteiger partial charge on any atom is -0.303 e. The van der Waals surface area contributed by atoms with Crippen molar-refractivity contribution < 1.29 is 18.9 Å². The summed E-state index contributed by atoms with van der Waals surface area (Å²) in [7, 11) is -2.76. The SMILES string of the molecule is CNC(C)OP(=O)(O)O. The molecule has 1 unspecified atom stereocenters. The van der Waals surface area contributed by atoms with Gasteiger partial charge in [0.25, 0.3) is 0 Å². The maximum atomic E-state index is 10.0. The number of nitrogens with one attached hydrogen (secondary N) is 1. The maximum Gasteiger partial charge on any atom is 0.471 e. The van der Waals surface area contributed by atoms with E-state index in [4.69, 9.17) is 9.79 Å². The van der Waals surface area contributed by atoms with Gasteiger partial charge in [-0.1, -0.05) is 0 Å². The number of phosphoric acid groups is 1. The van der Waals surface area contributed by atoms with E-state index in [2.05, 4.69) is 9.84 Å². The van der Waals surface area contributed by atoms with E-state index in [1.54, 1.807) is 7.05 Å². The molecule has 0 aromatic heterocycles. The first-order chi connectivity index (χ1) is 3.95. The Kier molecular flexibility index (Phi) is 3.32. The van der Waals surface area contributed by atoms with E-state index >= 15 is 0 Å². The lowest BCUT2D eigenvalue weighted by Gasteiger charge is -2.11. The van der Waals surface area contributed by atoms with Gasteiger partial charge in [-0.15, -0.1) is 0 Å². The van der Waals surface area contributed by atoms with E-state index in [9.17, 15) is 4.57 Å². The van der Waals surface area contributed by atoms with Crippen molar-refractivity contribution in [3.8, 4) is 0 Å². The summed E-state index contributed by atoms with van der Waals surface area (Å²) in [6, 6.07) is 0. The molecular formula is C3H10NO4P. The molecule has 56 valence electrons. The molecule has 0 aromatic carbocycles. The Hall–Kier alpha value is 0.0700. The van der Waals surface area contributed by atoms with Gasteiger partial charge in [0.1, 0.15) is 6.23 Å². The summed E-state index contributed by atoms with van der Waals surface area (Å²) in [4.78, 5) is 16.3. The van der Waals surface area contributed by atoms with Gasteiger partial charge in [0.15, 0.2) is 0 Å². The Balaban J connectivity index is 3.60. The Morgan fingerprint density at radius 3 is 2.22 bits per heavy atom. The van der Waals surface area contributed by atoms with Gasteiger partial charge < -0.3 is 9.79 Å². The average Bonchev–Trinajstić information content (AvgIpc) is 1.62. The lowest BCUT2D eigenvalue weighted by Crippen LogP contribution is -2.23. The topological polar surface area (TPSA) is 78.8 Å². The quantitative estimate of drug-likeness (QED) is 0.384. The lowest BCUT2D eigenvalue weighted by molar-refractivity contribution is 0.127. The Morgan fingerprint density at radius 2 is 2.11 bits per heavy atom. The Labute approximate surface area is 53.3 Å². The zero-order chi connectivity index (χ0) is 7.49. The van der Waals surface area contributed by atoms with Gasteiger partial charge in [0.2, 0.25) is 0 Å². The van der Waals surface area contributed by atoms with E-state index < -0.39 is 14.1 Å². The van der Waals surface area contributed by atoms with Crippen LogP contribution < -0.4 is 5.32 Å². The summed E-state index contributed by atoms with van der Waals surface area (Å²) in [6.45, 7) is 1.50. The second-order valence-corrected chi connectivity index (χ2v) is 2.72. The molecule has 0 saturated carbocycles. The molecule has 0 aliphatic heterocycles. The van der Waals surface area contributed by atoms with E-state index in [1.165, 1.54) is 6.92 Å². The largest absolute Gasteiger partial charge is 0.471 e. The van der Waals surface area contributed by atoms with Gasteiger partial charge in [0, 0.05) is 0 Å². The summed E-state index contributed by atoms with van der Waals surface area (Å²) < 4.78 is 14.2. The molecule has 0 aliphatic rings. The van der Waals surface area contributed by atoms with Crippen LogP contribution in [0, 0.1) is 0 Å². The highest BCUT2D eigenvalue weighted by Gasteiger charge is 2.16. The highest BCUT2D eigenvalue weighted by molar-refractivity contribution is 7.46. The summed E-state index contributed by atoms with van der Waals surface area (Å²) in [6.07, 6.45) is -0.620. The molecule has 0 saturated heterocycles. The fourth-order valence-electron chi connectivity index (χ4n) is 0.259. The minimum absolute atomic E-state index is 0.620. The highest BCUT2D eigenvalue weighted by atomic mass is 31.2. The van der Waals surface area contributed by atoms with E-state index in [0.717, 1.165) is 0 Å². The number of rotatable bonds is 3. The van der Waals surface area contributed by atoms with Crippen LogP contribution in [-0.4, -0.2) is 23.1 Å². The highest BCUT2D eigenvalue weighted by Crippen LogP contribution is 2.36. The van der Waals surface area contributed by atoms with Gasteiger partial charge in [-0.25, -0.2) is 4.57 Å². The number of phosphoric ester groups is 1. The molecule has 5 nitrogen and oxygen atoms in total. The molecule has 0 aromatic rings. The van der Waals surface area contributed by atoms with Crippen LogP contribution in [0.3, 0.4) is 0 Å². The van der Waals surface area contributed by atoms with Crippen molar-refractivity contribution in [2.45, 2.75) is 13.2 Å². The standard InChI is InChI=1S/C3H10NO4P/c1-3(4-2)8-9(5,6)7/h3-4H,1-2H3,(H2,5,6,7). The van der Waals surface area contributed by atoms with Crippen LogP contribution in [0.4, 0.5) is 0 Å². The van der Waals surface area contributed by atoms with E-state index in [1.807, 2.05) is 0 Å². The number of hydrogen-bond acceptors (Lipinski definition) is 3. The van der Waals surface area contributed by atoms with Crippen molar-refractivity contribution in [3.05, 3.63) is 0 Å². The second-order valence-electron chi connectivity index (χ2n) is 1.53. The van der Waals surface area contributed by atoms with Crippen molar-refractivity contribution >= 4 is 7.82 Å². The third-order valence-corrected chi connectivity index (χ3v) is 1.29. The molecule has 1 atom stereocenters. The van der Waals surface area contributed by atoms with Crippen molar-refractivity contribution in [2.75, 3.05) is 7.05 Å². The first kappa shape index (κ1) is 9.07. The zero-order valence-corrected chi connectivity index (χ0v) is 6.13. The molecule has 9 heavy (non-hydrogen) atoms. The molecule has 0 rings (SSSR count). The monoisotopic (exact) mass is 155 g/mol. The normalized spacial score (nSPS) is 15.6. The van der Waals surface area contributed by atoms with Gasteiger partial charge in [-0.2, -0.15) is 0 Å². The van der Waals surface area contributed by atoms with Crippen LogP contribution >= 0.6 is 7.82 Å². The molecule has 0 heterocycles. The molecule has 6 heteroatoms. The zero-order valence-electron chi connectivity index (χ0n) is 5.24. The summed E-state index contributed by atoms with van der Waals surface area (Å²) >= 11 is 0. The van der Waals surface area contributed by atoms with E-state index in [-0.39, 0.29) is 0 Å². The molecule has 0 aliphatic carbocycles. The van der Waals surface area contributed by atoms with Crippen LogP contribution in [0.25, 0.3) is 0 Å². The molecule has 0 bridgehead atoms. The first-order valence-electron chi connectivity index (χ1n) is 2.37. The predicted octanol–water partition coefficient (Wildman–Crippen LogP) is -0.339.